The highest BCUT2D eigenvalue weighted by Gasteiger charge is 2.58. The van der Waals surface area contributed by atoms with Gasteiger partial charge >= 0.3 is 19.9 Å². The molecule has 1 saturated carbocycles. The Bertz CT molecular complexity index is 1840. The minimum absolute atomic E-state index is 0.171. The Morgan fingerprint density at radius 2 is 1.81 bits per heavy atom. The van der Waals surface area contributed by atoms with Gasteiger partial charge in [0.05, 0.1) is 12.4 Å². The molecule has 2 aromatic heterocycles. The first-order valence-corrected chi connectivity index (χ1v) is 17.1. The molecule has 47 heavy (non-hydrogen) atoms. The van der Waals surface area contributed by atoms with Crippen LogP contribution in [-0.2, 0) is 32.8 Å². The Kier molecular flexibility index (Phi) is 8.47. The number of benzene rings is 2. The smallest absolute Gasteiger partial charge is 0.461 e. The van der Waals surface area contributed by atoms with E-state index in [9.17, 15) is 14.2 Å². The Morgan fingerprint density at radius 3 is 2.64 bits per heavy atom. The molecule has 1 aliphatic carbocycles. The lowest BCUT2D eigenvalue weighted by Gasteiger charge is -2.30. The van der Waals surface area contributed by atoms with E-state index in [0.29, 0.717) is 16.6 Å². The monoisotopic (exact) mass is 666 g/mol. The van der Waals surface area contributed by atoms with Crippen molar-refractivity contribution in [2.45, 2.75) is 88.7 Å². The lowest BCUT2D eigenvalue weighted by Crippen LogP contribution is -2.41. The van der Waals surface area contributed by atoms with E-state index < -0.39 is 56.6 Å². The number of nitrogens with one attached hydrogen (secondary N) is 1. The van der Waals surface area contributed by atoms with Gasteiger partial charge in [-0.1, -0.05) is 42.8 Å². The summed E-state index contributed by atoms with van der Waals surface area (Å²) in [6, 6.07) is 11.7. The Balaban J connectivity index is 1.16. The van der Waals surface area contributed by atoms with E-state index in [1.54, 1.807) is 30.5 Å². The second kappa shape index (κ2) is 12.7. The number of carbonyl (C=O) groups is 2. The van der Waals surface area contributed by atoms with Crippen molar-refractivity contribution in [1.29, 1.82) is 0 Å². The normalized spacial score (nSPS) is 25.4. The fourth-order valence-electron chi connectivity index (χ4n) is 6.33. The van der Waals surface area contributed by atoms with Gasteiger partial charge in [-0.3, -0.25) is 13.9 Å². The second-order valence-electron chi connectivity index (χ2n) is 11.9. The van der Waals surface area contributed by atoms with Gasteiger partial charge in [0, 0.05) is 5.39 Å². The summed E-state index contributed by atoms with van der Waals surface area (Å²) in [4.78, 5) is 38.0. The maximum absolute atomic E-state index is 14.7. The molecule has 3 N–H and O–H groups in total. The number of rotatable bonds is 10. The van der Waals surface area contributed by atoms with Crippen LogP contribution in [0.25, 0.3) is 21.9 Å². The fraction of sp³-hybridized carbons (Fsp3) is 0.452. The van der Waals surface area contributed by atoms with Crippen molar-refractivity contribution in [3.8, 4) is 5.75 Å². The standard InChI is InChI=1S/C31H35N6O9P/c1-17(30(38)41-20-11-4-3-5-12-20)36-47(40,46-22-14-8-10-19-9-6-7-13-21(19)22)45-18(2)24-25-26(44-31(39)43-25)29(42-24)37-16-35-23-27(32)33-15-34-28(23)37/h6-10,13-18,20,24-26,29H,3-5,11-12H2,1-2H3,(H,36,40)(H2,32,33,34)/t17?,18?,24-,25?,26?,29-,47?/m1/s1. The van der Waals surface area contributed by atoms with E-state index in [1.165, 1.54) is 12.7 Å². The Hall–Kier alpha value is -4.30. The molecular formula is C31H35N6O9P. The van der Waals surface area contributed by atoms with Crippen LogP contribution >= 0.6 is 7.75 Å². The molecule has 5 unspecified atom stereocenters. The third-order valence-corrected chi connectivity index (χ3v) is 10.4. The average Bonchev–Trinajstić information content (AvgIpc) is 3.75. The number of nitrogens with two attached hydrogens (primary N) is 1. The van der Waals surface area contributed by atoms with Gasteiger partial charge in [-0.2, -0.15) is 5.09 Å². The summed E-state index contributed by atoms with van der Waals surface area (Å²) in [6.07, 6.45) is 1.49. The van der Waals surface area contributed by atoms with Crippen LogP contribution in [0, 0.1) is 0 Å². The van der Waals surface area contributed by atoms with Crippen LogP contribution < -0.4 is 15.3 Å². The van der Waals surface area contributed by atoms with Crippen molar-refractivity contribution < 1.29 is 42.1 Å². The van der Waals surface area contributed by atoms with Gasteiger partial charge in [0.1, 0.15) is 35.8 Å². The van der Waals surface area contributed by atoms with E-state index in [4.69, 9.17) is 33.7 Å². The third-order valence-electron chi connectivity index (χ3n) is 8.63. The topological polar surface area (TPSA) is 188 Å². The van der Waals surface area contributed by atoms with Crippen molar-refractivity contribution in [1.82, 2.24) is 24.6 Å². The molecule has 4 aromatic rings. The maximum atomic E-state index is 14.7. The number of aromatic nitrogens is 4. The molecular weight excluding hydrogens is 631 g/mol. The molecule has 2 aromatic carbocycles. The van der Waals surface area contributed by atoms with E-state index in [2.05, 4.69) is 20.0 Å². The van der Waals surface area contributed by atoms with Crippen LogP contribution in [0.5, 0.6) is 5.75 Å². The Morgan fingerprint density at radius 1 is 1.04 bits per heavy atom. The first kappa shape index (κ1) is 31.3. The summed E-state index contributed by atoms with van der Waals surface area (Å²) in [5.41, 5.74) is 6.67. The average molecular weight is 667 g/mol. The summed E-state index contributed by atoms with van der Waals surface area (Å²) < 4.78 is 51.6. The van der Waals surface area contributed by atoms with E-state index in [0.717, 1.165) is 37.5 Å². The van der Waals surface area contributed by atoms with Gasteiger partial charge in [0.25, 0.3) is 0 Å². The highest BCUT2D eigenvalue weighted by molar-refractivity contribution is 7.52. The number of anilines is 1. The molecule has 15 nitrogen and oxygen atoms in total. The number of hydrogen-bond acceptors (Lipinski definition) is 13. The van der Waals surface area contributed by atoms with E-state index in [1.807, 2.05) is 30.3 Å². The first-order valence-electron chi connectivity index (χ1n) is 15.6. The van der Waals surface area contributed by atoms with Crippen molar-refractivity contribution in [2.24, 2.45) is 0 Å². The molecule has 248 valence electrons. The van der Waals surface area contributed by atoms with Crippen LogP contribution in [-0.4, -0.2) is 68.2 Å². The first-order chi connectivity index (χ1) is 22.7. The van der Waals surface area contributed by atoms with E-state index >= 15 is 0 Å². The fourth-order valence-corrected chi connectivity index (χ4v) is 8.05. The summed E-state index contributed by atoms with van der Waals surface area (Å²) in [5, 5.41) is 4.33. The van der Waals surface area contributed by atoms with Crippen molar-refractivity contribution in [3.05, 3.63) is 55.1 Å². The SMILES string of the molecule is CC(NP(=O)(Oc1cccc2ccccc12)OC(C)[C@H]1O[C@@H](n2cnc3c(N)ncnc32)C2OC(=O)OC21)C(=O)OC1CCCCC1. The number of hydrogen-bond donors (Lipinski definition) is 2. The number of imidazole rings is 1. The van der Waals surface area contributed by atoms with Gasteiger partial charge < -0.3 is 29.2 Å². The molecule has 2 aliphatic heterocycles. The quantitative estimate of drug-likeness (QED) is 0.173. The van der Waals surface area contributed by atoms with Gasteiger partial charge in [-0.15, -0.1) is 0 Å². The second-order valence-corrected chi connectivity index (χ2v) is 13.6. The van der Waals surface area contributed by atoms with Crippen LogP contribution in [0.2, 0.25) is 0 Å². The van der Waals surface area contributed by atoms with Crippen molar-refractivity contribution in [3.63, 3.8) is 0 Å². The minimum Gasteiger partial charge on any atom is -0.461 e. The minimum atomic E-state index is -4.36. The van der Waals surface area contributed by atoms with Crippen LogP contribution in [0.15, 0.2) is 55.1 Å². The Labute approximate surface area is 269 Å². The number of esters is 1. The predicted octanol–water partition coefficient (Wildman–Crippen LogP) is 4.81. The molecule has 7 atom stereocenters. The summed E-state index contributed by atoms with van der Waals surface area (Å²) in [5.74, 6) is -0.122. The summed E-state index contributed by atoms with van der Waals surface area (Å²) >= 11 is 0. The van der Waals surface area contributed by atoms with E-state index in [-0.39, 0.29) is 17.7 Å². The molecule has 16 heteroatoms. The van der Waals surface area contributed by atoms with Gasteiger partial charge in [-0.05, 0) is 51.0 Å². The zero-order valence-corrected chi connectivity index (χ0v) is 26.7. The van der Waals surface area contributed by atoms with Gasteiger partial charge in [0.15, 0.2) is 29.9 Å². The lowest BCUT2D eigenvalue weighted by atomic mass is 9.98. The maximum Gasteiger partial charge on any atom is 0.509 e. The highest BCUT2D eigenvalue weighted by atomic mass is 31.2. The molecule has 0 bridgehead atoms. The molecule has 0 amide bonds. The van der Waals surface area contributed by atoms with Crippen molar-refractivity contribution >= 4 is 47.6 Å². The largest absolute Gasteiger partial charge is 0.509 e. The summed E-state index contributed by atoms with van der Waals surface area (Å²) in [6.45, 7) is 3.15. The van der Waals surface area contributed by atoms with Crippen molar-refractivity contribution in [2.75, 3.05) is 5.73 Å². The third kappa shape index (κ3) is 6.23. The number of carbonyl (C=O) groups excluding carboxylic acids is 2. The van der Waals surface area contributed by atoms with Crippen LogP contribution in [0.4, 0.5) is 10.6 Å². The zero-order chi connectivity index (χ0) is 32.7. The predicted molar refractivity (Wildman–Crippen MR) is 167 cm³/mol. The highest BCUT2D eigenvalue weighted by Crippen LogP contribution is 2.50. The van der Waals surface area contributed by atoms with Crippen LogP contribution in [0.1, 0.15) is 52.2 Å². The molecule has 4 heterocycles. The molecule has 3 fully saturated rings. The van der Waals surface area contributed by atoms with Gasteiger partial charge in [0.2, 0.25) is 0 Å². The number of nitrogen functional groups attached to an aromatic ring is 1. The van der Waals surface area contributed by atoms with Gasteiger partial charge in [-0.25, -0.2) is 24.3 Å². The molecule has 2 saturated heterocycles. The zero-order valence-electron chi connectivity index (χ0n) is 25.8. The number of ether oxygens (including phenoxy) is 4. The number of fused-ring (bicyclic) bond motifs is 3. The lowest BCUT2D eigenvalue weighted by molar-refractivity contribution is -0.152. The molecule has 0 spiro atoms. The molecule has 3 aliphatic rings. The summed E-state index contributed by atoms with van der Waals surface area (Å²) in [7, 11) is -4.36. The molecule has 0 radical (unpaired) electrons. The van der Waals surface area contributed by atoms with Crippen LogP contribution in [0.3, 0.4) is 0 Å². The molecule has 7 rings (SSSR count). The number of nitrogens with zero attached hydrogens (tertiary/aromatic N) is 4.